The monoisotopic (exact) mass is 334 g/mol. The molecule has 5 heteroatoms. The molecule has 1 saturated carbocycles. The van der Waals surface area contributed by atoms with E-state index in [-0.39, 0.29) is 15.6 Å². The van der Waals surface area contributed by atoms with Gasteiger partial charge in [-0.2, -0.15) is 0 Å². The largest absolute Gasteiger partial charge is 0.462 e. The van der Waals surface area contributed by atoms with Gasteiger partial charge in [-0.25, -0.2) is 4.79 Å². The van der Waals surface area contributed by atoms with Crippen LogP contribution in [0, 0.1) is 17.8 Å². The number of rotatable bonds is 4. The summed E-state index contributed by atoms with van der Waals surface area (Å²) in [7, 11) is 0. The summed E-state index contributed by atoms with van der Waals surface area (Å²) in [5.74, 6) is 1.24. The minimum absolute atomic E-state index is 0.186. The highest BCUT2D eigenvalue weighted by Gasteiger charge is 2.32. The Labute approximate surface area is 134 Å². The SMILES string of the molecule is CC1CCC1C(C)COC(=O)c1cc(Cl)cc(Cl)c1Cl. The number of carbonyl (C=O) groups excluding carboxylic acids is 1. The highest BCUT2D eigenvalue weighted by atomic mass is 35.5. The zero-order chi connectivity index (χ0) is 14.9. The van der Waals surface area contributed by atoms with Crippen LogP contribution in [0.25, 0.3) is 0 Å². The van der Waals surface area contributed by atoms with Crippen molar-refractivity contribution in [2.45, 2.75) is 26.7 Å². The molecule has 1 fully saturated rings. The molecular formula is C15H17Cl3O2. The van der Waals surface area contributed by atoms with Crippen molar-refractivity contribution >= 4 is 40.8 Å². The van der Waals surface area contributed by atoms with Gasteiger partial charge in [0, 0.05) is 5.02 Å². The van der Waals surface area contributed by atoms with E-state index in [2.05, 4.69) is 13.8 Å². The first-order valence-electron chi connectivity index (χ1n) is 6.71. The van der Waals surface area contributed by atoms with Crippen molar-refractivity contribution in [1.82, 2.24) is 0 Å². The molecule has 3 atom stereocenters. The Hall–Kier alpha value is -0.440. The Morgan fingerprint density at radius 3 is 2.60 bits per heavy atom. The van der Waals surface area contributed by atoms with Crippen molar-refractivity contribution in [1.29, 1.82) is 0 Å². The van der Waals surface area contributed by atoms with E-state index < -0.39 is 5.97 Å². The number of halogens is 3. The first kappa shape index (κ1) is 15.9. The van der Waals surface area contributed by atoms with Crippen molar-refractivity contribution in [3.05, 3.63) is 32.8 Å². The number of esters is 1. The zero-order valence-corrected chi connectivity index (χ0v) is 13.7. The molecule has 0 aromatic heterocycles. The molecule has 0 saturated heterocycles. The van der Waals surface area contributed by atoms with Crippen LogP contribution < -0.4 is 0 Å². The molecule has 2 nitrogen and oxygen atoms in total. The van der Waals surface area contributed by atoms with Gasteiger partial charge in [-0.1, -0.05) is 55.1 Å². The predicted octanol–water partition coefficient (Wildman–Crippen LogP) is 5.49. The second-order valence-electron chi connectivity index (χ2n) is 5.54. The average Bonchev–Trinajstić information content (AvgIpc) is 2.38. The van der Waals surface area contributed by atoms with Crippen LogP contribution in [-0.2, 0) is 4.74 Å². The molecule has 0 N–H and O–H groups in total. The third-order valence-electron chi connectivity index (χ3n) is 4.11. The lowest BCUT2D eigenvalue weighted by molar-refractivity contribution is 0.0267. The minimum Gasteiger partial charge on any atom is -0.462 e. The van der Waals surface area contributed by atoms with Crippen LogP contribution in [0.15, 0.2) is 12.1 Å². The molecule has 0 amide bonds. The molecule has 0 aliphatic heterocycles. The van der Waals surface area contributed by atoms with E-state index in [0.717, 1.165) is 0 Å². The fraction of sp³-hybridized carbons (Fsp3) is 0.533. The molecule has 0 radical (unpaired) electrons. The normalized spacial score (nSPS) is 23.1. The van der Waals surface area contributed by atoms with Crippen LogP contribution in [0.5, 0.6) is 0 Å². The minimum atomic E-state index is -0.474. The summed E-state index contributed by atoms with van der Waals surface area (Å²) in [6, 6.07) is 2.98. The maximum Gasteiger partial charge on any atom is 0.339 e. The van der Waals surface area contributed by atoms with Crippen LogP contribution in [-0.4, -0.2) is 12.6 Å². The van der Waals surface area contributed by atoms with E-state index in [0.29, 0.717) is 29.4 Å². The Kier molecular flexibility index (Phi) is 5.22. The highest BCUT2D eigenvalue weighted by molar-refractivity contribution is 6.45. The van der Waals surface area contributed by atoms with E-state index in [9.17, 15) is 4.79 Å². The molecule has 3 unspecified atom stereocenters. The standard InChI is InChI=1S/C15H17Cl3O2/c1-8-3-4-11(8)9(2)7-20-15(19)12-5-10(16)6-13(17)14(12)18/h5-6,8-9,11H,3-4,7H2,1-2H3. The zero-order valence-electron chi connectivity index (χ0n) is 11.5. The Morgan fingerprint density at radius 2 is 2.05 bits per heavy atom. The second-order valence-corrected chi connectivity index (χ2v) is 6.76. The van der Waals surface area contributed by atoms with Gasteiger partial charge in [-0.3, -0.25) is 0 Å². The van der Waals surface area contributed by atoms with Crippen LogP contribution in [0.3, 0.4) is 0 Å². The first-order chi connectivity index (χ1) is 9.40. The fourth-order valence-corrected chi connectivity index (χ4v) is 3.33. The third kappa shape index (κ3) is 3.41. The lowest BCUT2D eigenvalue weighted by Gasteiger charge is -2.38. The summed E-state index contributed by atoms with van der Waals surface area (Å²) in [6.07, 6.45) is 2.47. The molecule has 0 heterocycles. The summed E-state index contributed by atoms with van der Waals surface area (Å²) in [6.45, 7) is 4.74. The summed E-state index contributed by atoms with van der Waals surface area (Å²) in [5.41, 5.74) is 0.220. The third-order valence-corrected chi connectivity index (χ3v) is 5.13. The molecule has 110 valence electrons. The van der Waals surface area contributed by atoms with Crippen LogP contribution in [0.2, 0.25) is 15.1 Å². The molecule has 1 aromatic carbocycles. The Balaban J connectivity index is 1.98. The van der Waals surface area contributed by atoms with Gasteiger partial charge in [0.15, 0.2) is 0 Å². The fourth-order valence-electron chi connectivity index (χ4n) is 2.65. The second kappa shape index (κ2) is 6.55. The quantitative estimate of drug-likeness (QED) is 0.537. The van der Waals surface area contributed by atoms with Crippen molar-refractivity contribution in [2.75, 3.05) is 6.61 Å². The number of carbonyl (C=O) groups is 1. The molecule has 0 spiro atoms. The summed E-state index contributed by atoms with van der Waals surface area (Å²) in [4.78, 5) is 12.1. The maximum absolute atomic E-state index is 12.1. The van der Waals surface area contributed by atoms with Gasteiger partial charge in [0.2, 0.25) is 0 Å². The van der Waals surface area contributed by atoms with Crippen LogP contribution >= 0.6 is 34.8 Å². The van der Waals surface area contributed by atoms with Gasteiger partial charge in [-0.15, -0.1) is 0 Å². The highest BCUT2D eigenvalue weighted by Crippen LogP contribution is 2.39. The lowest BCUT2D eigenvalue weighted by Crippen LogP contribution is -2.32. The van der Waals surface area contributed by atoms with Crippen molar-refractivity contribution in [2.24, 2.45) is 17.8 Å². The number of benzene rings is 1. The number of hydrogen-bond acceptors (Lipinski definition) is 2. The molecule has 2 rings (SSSR count). The van der Waals surface area contributed by atoms with Gasteiger partial charge >= 0.3 is 5.97 Å². The molecule has 0 bridgehead atoms. The Bertz CT molecular complexity index is 516. The van der Waals surface area contributed by atoms with Gasteiger partial charge in [0.1, 0.15) is 0 Å². The average molecular weight is 336 g/mol. The van der Waals surface area contributed by atoms with Gasteiger partial charge < -0.3 is 4.74 Å². The maximum atomic E-state index is 12.1. The van der Waals surface area contributed by atoms with E-state index in [1.807, 2.05) is 0 Å². The van der Waals surface area contributed by atoms with Crippen molar-refractivity contribution in [3.63, 3.8) is 0 Å². The van der Waals surface area contributed by atoms with Crippen LogP contribution in [0.1, 0.15) is 37.0 Å². The van der Waals surface area contributed by atoms with Crippen LogP contribution in [0.4, 0.5) is 0 Å². The predicted molar refractivity (Wildman–Crippen MR) is 82.8 cm³/mol. The van der Waals surface area contributed by atoms with E-state index in [1.54, 1.807) is 0 Å². The first-order valence-corrected chi connectivity index (χ1v) is 7.85. The molecule has 20 heavy (non-hydrogen) atoms. The summed E-state index contributed by atoms with van der Waals surface area (Å²) < 4.78 is 5.35. The van der Waals surface area contributed by atoms with Gasteiger partial charge in [-0.05, 0) is 36.3 Å². The van der Waals surface area contributed by atoms with Gasteiger partial charge in [0.25, 0.3) is 0 Å². The lowest BCUT2D eigenvalue weighted by atomic mass is 9.69. The number of hydrogen-bond donors (Lipinski definition) is 0. The van der Waals surface area contributed by atoms with Gasteiger partial charge in [0.05, 0.1) is 22.2 Å². The molecular weight excluding hydrogens is 319 g/mol. The van der Waals surface area contributed by atoms with E-state index in [1.165, 1.54) is 25.0 Å². The molecule has 1 aliphatic carbocycles. The Morgan fingerprint density at radius 1 is 1.35 bits per heavy atom. The molecule has 1 aliphatic rings. The topological polar surface area (TPSA) is 26.3 Å². The summed E-state index contributed by atoms with van der Waals surface area (Å²) in [5, 5.41) is 0.810. The van der Waals surface area contributed by atoms with Crippen molar-refractivity contribution in [3.8, 4) is 0 Å². The van der Waals surface area contributed by atoms with E-state index >= 15 is 0 Å². The van der Waals surface area contributed by atoms with Crippen molar-refractivity contribution < 1.29 is 9.53 Å². The smallest absolute Gasteiger partial charge is 0.339 e. The summed E-state index contributed by atoms with van der Waals surface area (Å²) >= 11 is 17.8. The number of ether oxygens (including phenoxy) is 1. The van der Waals surface area contributed by atoms with E-state index in [4.69, 9.17) is 39.5 Å². The molecule has 1 aromatic rings.